The van der Waals surface area contributed by atoms with Gasteiger partial charge in [-0.15, -0.1) is 11.3 Å². The van der Waals surface area contributed by atoms with E-state index in [1.165, 1.54) is 11.3 Å². The molecule has 5 heteroatoms. The number of thiophene rings is 1. The van der Waals surface area contributed by atoms with E-state index in [0.717, 1.165) is 28.2 Å². The van der Waals surface area contributed by atoms with Gasteiger partial charge in [0, 0.05) is 16.0 Å². The fourth-order valence-corrected chi connectivity index (χ4v) is 3.41. The number of carbonyl (C=O) groups excluding carboxylic acids is 1. The number of methoxy groups -OCH3 is 1. The van der Waals surface area contributed by atoms with Crippen LogP contribution < -0.4 is 10.5 Å². The van der Waals surface area contributed by atoms with E-state index in [1.807, 2.05) is 45.0 Å². The molecular formula is C18H23NO3S. The maximum atomic E-state index is 12.6. The molecule has 124 valence electrons. The Balaban J connectivity index is 2.55. The molecule has 0 aliphatic heterocycles. The van der Waals surface area contributed by atoms with E-state index in [1.54, 1.807) is 7.11 Å². The van der Waals surface area contributed by atoms with E-state index >= 15 is 0 Å². The van der Waals surface area contributed by atoms with Crippen molar-refractivity contribution in [1.29, 1.82) is 0 Å². The van der Waals surface area contributed by atoms with Crippen LogP contribution in [0.3, 0.4) is 0 Å². The molecule has 0 amide bonds. The van der Waals surface area contributed by atoms with E-state index < -0.39 is 0 Å². The molecule has 0 aliphatic carbocycles. The summed E-state index contributed by atoms with van der Waals surface area (Å²) in [5.74, 6) is 0.630. The number of ether oxygens (including phenoxy) is 2. The van der Waals surface area contributed by atoms with Crippen molar-refractivity contribution in [2.45, 2.75) is 27.2 Å². The highest BCUT2D eigenvalue weighted by Crippen LogP contribution is 2.42. The molecule has 2 rings (SSSR count). The van der Waals surface area contributed by atoms with E-state index in [9.17, 15) is 4.79 Å². The number of esters is 1. The van der Waals surface area contributed by atoms with Crippen LogP contribution in [0.15, 0.2) is 24.3 Å². The first-order chi connectivity index (χ1) is 11.0. The van der Waals surface area contributed by atoms with Crippen molar-refractivity contribution < 1.29 is 14.3 Å². The SMILES string of the molecule is CCc1sc(N)c(C(=O)OCC(C)C)c1-c1ccccc1OC. The molecular weight excluding hydrogens is 310 g/mol. The van der Waals surface area contributed by atoms with Crippen LogP contribution in [0.4, 0.5) is 5.00 Å². The van der Waals surface area contributed by atoms with Crippen molar-refractivity contribution in [1.82, 2.24) is 0 Å². The van der Waals surface area contributed by atoms with Crippen LogP contribution in [0.25, 0.3) is 11.1 Å². The summed E-state index contributed by atoms with van der Waals surface area (Å²) < 4.78 is 10.9. The van der Waals surface area contributed by atoms with Gasteiger partial charge in [-0.1, -0.05) is 39.0 Å². The Morgan fingerprint density at radius 2 is 2.00 bits per heavy atom. The summed E-state index contributed by atoms with van der Waals surface area (Å²) in [6, 6.07) is 7.65. The number of hydrogen-bond donors (Lipinski definition) is 1. The number of anilines is 1. The predicted octanol–water partition coefficient (Wildman–Crippen LogP) is 4.38. The monoisotopic (exact) mass is 333 g/mol. The number of carbonyl (C=O) groups is 1. The van der Waals surface area contributed by atoms with Crippen LogP contribution in [0, 0.1) is 5.92 Å². The molecule has 4 nitrogen and oxygen atoms in total. The first kappa shape index (κ1) is 17.3. The van der Waals surface area contributed by atoms with Gasteiger partial charge in [0.05, 0.1) is 13.7 Å². The fraction of sp³-hybridized carbons (Fsp3) is 0.389. The van der Waals surface area contributed by atoms with Gasteiger partial charge in [0.25, 0.3) is 0 Å². The van der Waals surface area contributed by atoms with Gasteiger partial charge < -0.3 is 15.2 Å². The lowest BCUT2D eigenvalue weighted by Gasteiger charge is -2.12. The molecule has 1 heterocycles. The Morgan fingerprint density at radius 3 is 2.61 bits per heavy atom. The van der Waals surface area contributed by atoms with Crippen molar-refractivity contribution in [3.8, 4) is 16.9 Å². The minimum atomic E-state index is -0.368. The number of rotatable bonds is 6. The van der Waals surface area contributed by atoms with Crippen LogP contribution >= 0.6 is 11.3 Å². The maximum absolute atomic E-state index is 12.6. The van der Waals surface area contributed by atoms with Crippen LogP contribution in [0.2, 0.25) is 0 Å². The van der Waals surface area contributed by atoms with E-state index in [4.69, 9.17) is 15.2 Å². The molecule has 23 heavy (non-hydrogen) atoms. The fourth-order valence-electron chi connectivity index (χ4n) is 2.40. The number of benzene rings is 1. The molecule has 0 atom stereocenters. The molecule has 0 saturated carbocycles. The molecule has 0 aliphatic rings. The summed E-state index contributed by atoms with van der Waals surface area (Å²) in [4.78, 5) is 13.6. The molecule has 1 aromatic heterocycles. The van der Waals surface area contributed by atoms with Gasteiger partial charge in [-0.05, 0) is 18.4 Å². The van der Waals surface area contributed by atoms with Gasteiger partial charge in [-0.25, -0.2) is 4.79 Å². The lowest BCUT2D eigenvalue weighted by Crippen LogP contribution is -2.12. The molecule has 0 radical (unpaired) electrons. The van der Waals surface area contributed by atoms with Crippen molar-refractivity contribution in [3.63, 3.8) is 0 Å². The summed E-state index contributed by atoms with van der Waals surface area (Å²) >= 11 is 1.44. The van der Waals surface area contributed by atoms with E-state index in [2.05, 4.69) is 0 Å². The molecule has 0 spiro atoms. The topological polar surface area (TPSA) is 61.6 Å². The number of nitrogen functional groups attached to an aromatic ring is 1. The first-order valence-electron chi connectivity index (χ1n) is 7.71. The highest BCUT2D eigenvalue weighted by Gasteiger charge is 2.25. The molecule has 0 saturated heterocycles. The summed E-state index contributed by atoms with van der Waals surface area (Å²) in [5, 5.41) is 0.497. The summed E-state index contributed by atoms with van der Waals surface area (Å²) in [6.45, 7) is 6.43. The normalized spacial score (nSPS) is 10.8. The van der Waals surface area contributed by atoms with Crippen molar-refractivity contribution in [2.24, 2.45) is 5.92 Å². The summed E-state index contributed by atoms with van der Waals surface area (Å²) in [7, 11) is 1.62. The molecule has 0 fully saturated rings. The second-order valence-electron chi connectivity index (χ2n) is 5.69. The zero-order chi connectivity index (χ0) is 17.0. The number of hydrogen-bond acceptors (Lipinski definition) is 5. The average molecular weight is 333 g/mol. The molecule has 2 N–H and O–H groups in total. The highest BCUT2D eigenvalue weighted by molar-refractivity contribution is 7.17. The predicted molar refractivity (Wildman–Crippen MR) is 95.2 cm³/mol. The van der Waals surface area contributed by atoms with Gasteiger partial charge in [0.2, 0.25) is 0 Å². The first-order valence-corrected chi connectivity index (χ1v) is 8.52. The lowest BCUT2D eigenvalue weighted by molar-refractivity contribution is 0.0461. The van der Waals surface area contributed by atoms with Gasteiger partial charge in [-0.2, -0.15) is 0 Å². The molecule has 1 aromatic carbocycles. The van der Waals surface area contributed by atoms with Crippen molar-refractivity contribution in [3.05, 3.63) is 34.7 Å². The third-order valence-electron chi connectivity index (χ3n) is 3.46. The van der Waals surface area contributed by atoms with Crippen LogP contribution in [-0.2, 0) is 11.2 Å². The minimum absolute atomic E-state index is 0.277. The van der Waals surface area contributed by atoms with Crippen LogP contribution in [0.5, 0.6) is 5.75 Å². The van der Waals surface area contributed by atoms with Crippen molar-refractivity contribution in [2.75, 3.05) is 19.5 Å². The minimum Gasteiger partial charge on any atom is -0.496 e. The number of nitrogens with two attached hydrogens (primary N) is 1. The molecule has 0 unspecified atom stereocenters. The molecule has 2 aromatic rings. The maximum Gasteiger partial charge on any atom is 0.341 e. The summed E-state index contributed by atoms with van der Waals surface area (Å²) in [6.07, 6.45) is 0.791. The van der Waals surface area contributed by atoms with Gasteiger partial charge >= 0.3 is 5.97 Å². The second kappa shape index (κ2) is 7.51. The Labute approximate surface area is 141 Å². The smallest absolute Gasteiger partial charge is 0.341 e. The van der Waals surface area contributed by atoms with Crippen LogP contribution in [0.1, 0.15) is 36.0 Å². The number of aryl methyl sites for hydroxylation is 1. The van der Waals surface area contributed by atoms with E-state index in [-0.39, 0.29) is 11.9 Å². The largest absolute Gasteiger partial charge is 0.496 e. The Morgan fingerprint density at radius 1 is 1.30 bits per heavy atom. The van der Waals surface area contributed by atoms with Gasteiger partial charge in [-0.3, -0.25) is 0 Å². The third-order valence-corrected chi connectivity index (χ3v) is 4.62. The molecule has 0 bridgehead atoms. The number of para-hydroxylation sites is 1. The Hall–Kier alpha value is -2.01. The standard InChI is InChI=1S/C18H23NO3S/c1-5-14-15(12-8-6-7-9-13(12)21-4)16(17(19)23-14)18(20)22-10-11(2)3/h6-9,11H,5,10,19H2,1-4H3. The van der Waals surface area contributed by atoms with Gasteiger partial charge in [0.1, 0.15) is 16.3 Å². The van der Waals surface area contributed by atoms with E-state index in [0.29, 0.717) is 17.2 Å². The van der Waals surface area contributed by atoms with Crippen molar-refractivity contribution >= 4 is 22.3 Å². The third kappa shape index (κ3) is 3.67. The Bertz CT molecular complexity index is 692. The quantitative estimate of drug-likeness (QED) is 0.797. The average Bonchev–Trinajstić information content (AvgIpc) is 2.88. The zero-order valence-corrected chi connectivity index (χ0v) is 14.8. The second-order valence-corrected chi connectivity index (χ2v) is 6.82. The van der Waals surface area contributed by atoms with Crippen LogP contribution in [-0.4, -0.2) is 19.7 Å². The zero-order valence-electron chi connectivity index (χ0n) is 14.0. The lowest BCUT2D eigenvalue weighted by atomic mass is 9.99. The van der Waals surface area contributed by atoms with Gasteiger partial charge in [0.15, 0.2) is 0 Å². The summed E-state index contributed by atoms with van der Waals surface area (Å²) in [5.41, 5.74) is 8.29. The Kier molecular flexibility index (Phi) is 5.66. The highest BCUT2D eigenvalue weighted by atomic mass is 32.1.